The maximum absolute atomic E-state index is 13.6. The maximum Gasteiger partial charge on any atom is 0.495 e. The molecule has 0 atom stereocenters. The third-order valence-corrected chi connectivity index (χ3v) is 4.41. The molecule has 0 aliphatic carbocycles. The monoisotopic (exact) mass is 321 g/mol. The van der Waals surface area contributed by atoms with E-state index in [0.717, 1.165) is 0 Å². The predicted molar refractivity (Wildman–Crippen MR) is 89.1 cm³/mol. The fraction of sp³-hybridized carbons (Fsp3) is 0.588. The Bertz CT molecular complexity index is 586. The van der Waals surface area contributed by atoms with Gasteiger partial charge in [0.15, 0.2) is 0 Å². The van der Waals surface area contributed by atoms with E-state index in [4.69, 9.17) is 9.31 Å². The van der Waals surface area contributed by atoms with Crippen LogP contribution in [-0.2, 0) is 20.5 Å². The quantitative estimate of drug-likeness (QED) is 0.865. The SMILES string of the molecule is CC(C)NC(=O)Cc1cc(F)ccc1B1OC(C)(C)C(C)(C)O1. The van der Waals surface area contributed by atoms with Gasteiger partial charge in [0.25, 0.3) is 0 Å². The lowest BCUT2D eigenvalue weighted by molar-refractivity contribution is -0.120. The fourth-order valence-corrected chi connectivity index (χ4v) is 2.47. The molecule has 0 radical (unpaired) electrons. The molecular weight excluding hydrogens is 296 g/mol. The minimum atomic E-state index is -0.609. The predicted octanol–water partition coefficient (Wildman–Crippen LogP) is 2.19. The van der Waals surface area contributed by atoms with Crippen molar-refractivity contribution in [3.05, 3.63) is 29.6 Å². The lowest BCUT2D eigenvalue weighted by Crippen LogP contribution is -2.41. The van der Waals surface area contributed by atoms with Gasteiger partial charge in [0, 0.05) is 6.04 Å². The largest absolute Gasteiger partial charge is 0.495 e. The normalized spacial score (nSPS) is 19.2. The molecule has 0 bridgehead atoms. The van der Waals surface area contributed by atoms with Crippen LogP contribution in [0.2, 0.25) is 0 Å². The highest BCUT2D eigenvalue weighted by atomic mass is 19.1. The first-order valence-corrected chi connectivity index (χ1v) is 7.95. The van der Waals surface area contributed by atoms with E-state index in [2.05, 4.69) is 5.32 Å². The summed E-state index contributed by atoms with van der Waals surface area (Å²) in [6.45, 7) is 11.6. The van der Waals surface area contributed by atoms with Crippen molar-refractivity contribution in [2.24, 2.45) is 0 Å². The van der Waals surface area contributed by atoms with E-state index in [1.165, 1.54) is 12.1 Å². The summed E-state index contributed by atoms with van der Waals surface area (Å²) in [6.07, 6.45) is 0.0926. The third-order valence-electron chi connectivity index (χ3n) is 4.41. The van der Waals surface area contributed by atoms with Gasteiger partial charge in [-0.15, -0.1) is 0 Å². The highest BCUT2D eigenvalue weighted by Crippen LogP contribution is 2.36. The van der Waals surface area contributed by atoms with Crippen LogP contribution in [0.3, 0.4) is 0 Å². The summed E-state index contributed by atoms with van der Waals surface area (Å²) in [7, 11) is -0.609. The van der Waals surface area contributed by atoms with Crippen LogP contribution in [0.25, 0.3) is 0 Å². The molecular formula is C17H25BFNO3. The lowest BCUT2D eigenvalue weighted by atomic mass is 9.75. The van der Waals surface area contributed by atoms with Crippen molar-refractivity contribution in [2.45, 2.75) is 65.2 Å². The first kappa shape index (κ1) is 18.0. The van der Waals surface area contributed by atoms with E-state index >= 15 is 0 Å². The molecule has 126 valence electrons. The van der Waals surface area contributed by atoms with Crippen LogP contribution in [-0.4, -0.2) is 30.3 Å². The van der Waals surface area contributed by atoms with Gasteiger partial charge >= 0.3 is 7.12 Å². The van der Waals surface area contributed by atoms with E-state index in [1.54, 1.807) is 6.07 Å². The highest BCUT2D eigenvalue weighted by Gasteiger charge is 2.52. The van der Waals surface area contributed by atoms with Gasteiger partial charge in [0.05, 0.1) is 17.6 Å². The zero-order valence-electron chi connectivity index (χ0n) is 14.7. The summed E-state index contributed by atoms with van der Waals surface area (Å²) in [5.41, 5.74) is 0.318. The minimum absolute atomic E-state index is 0.0383. The first-order chi connectivity index (χ1) is 10.5. The van der Waals surface area contributed by atoms with E-state index in [0.29, 0.717) is 11.0 Å². The van der Waals surface area contributed by atoms with Crippen molar-refractivity contribution < 1.29 is 18.5 Å². The van der Waals surface area contributed by atoms with E-state index in [-0.39, 0.29) is 24.2 Å². The van der Waals surface area contributed by atoms with E-state index in [1.807, 2.05) is 41.5 Å². The third kappa shape index (κ3) is 3.93. The van der Waals surface area contributed by atoms with Gasteiger partial charge in [-0.1, -0.05) is 6.07 Å². The Morgan fingerprint density at radius 2 is 1.78 bits per heavy atom. The van der Waals surface area contributed by atoms with Crippen molar-refractivity contribution >= 4 is 18.5 Å². The molecule has 1 fully saturated rings. The molecule has 1 aromatic carbocycles. The number of hydrogen-bond acceptors (Lipinski definition) is 3. The minimum Gasteiger partial charge on any atom is -0.399 e. The van der Waals surface area contributed by atoms with Crippen LogP contribution in [0.4, 0.5) is 4.39 Å². The molecule has 1 aromatic rings. The Morgan fingerprint density at radius 1 is 1.22 bits per heavy atom. The number of hydrogen-bond donors (Lipinski definition) is 1. The fourth-order valence-electron chi connectivity index (χ4n) is 2.47. The Hall–Kier alpha value is -1.40. The van der Waals surface area contributed by atoms with Crippen molar-refractivity contribution in [2.75, 3.05) is 0 Å². The highest BCUT2D eigenvalue weighted by molar-refractivity contribution is 6.62. The number of carbonyl (C=O) groups excluding carboxylic acids is 1. The Balaban J connectivity index is 2.28. The molecule has 4 nitrogen and oxygen atoms in total. The smallest absolute Gasteiger partial charge is 0.399 e. The van der Waals surface area contributed by atoms with Crippen molar-refractivity contribution in [1.29, 1.82) is 0 Å². The Kier molecular flexibility index (Phi) is 4.88. The molecule has 2 rings (SSSR count). The lowest BCUT2D eigenvalue weighted by Gasteiger charge is -2.32. The van der Waals surface area contributed by atoms with E-state index < -0.39 is 18.3 Å². The van der Waals surface area contributed by atoms with Gasteiger partial charge in [0.2, 0.25) is 5.91 Å². The number of amides is 1. The molecule has 1 N–H and O–H groups in total. The van der Waals surface area contributed by atoms with Crippen molar-refractivity contribution in [3.63, 3.8) is 0 Å². The number of benzene rings is 1. The van der Waals surface area contributed by atoms with Crippen LogP contribution in [0.15, 0.2) is 18.2 Å². The number of halogens is 1. The molecule has 0 aromatic heterocycles. The average Bonchev–Trinajstić information content (AvgIpc) is 2.56. The second-order valence-electron chi connectivity index (χ2n) is 7.33. The number of carbonyl (C=O) groups is 1. The molecule has 1 aliphatic rings. The molecule has 6 heteroatoms. The summed E-state index contributed by atoms with van der Waals surface area (Å²) in [5, 5.41) is 2.82. The van der Waals surface area contributed by atoms with Gasteiger partial charge in [-0.3, -0.25) is 4.79 Å². The number of nitrogens with one attached hydrogen (secondary N) is 1. The summed E-state index contributed by atoms with van der Waals surface area (Å²) in [5.74, 6) is -0.527. The molecule has 1 saturated heterocycles. The second kappa shape index (κ2) is 6.25. The van der Waals surface area contributed by atoms with Gasteiger partial charge in [-0.2, -0.15) is 0 Å². The number of rotatable bonds is 4. The second-order valence-corrected chi connectivity index (χ2v) is 7.33. The summed E-state index contributed by atoms with van der Waals surface area (Å²) >= 11 is 0. The Morgan fingerprint density at radius 3 is 2.30 bits per heavy atom. The standard InChI is InChI=1S/C17H25BFNO3/c1-11(2)20-15(21)10-12-9-13(19)7-8-14(12)18-22-16(3,4)17(5,6)23-18/h7-9,11H,10H2,1-6H3,(H,20,21). The van der Waals surface area contributed by atoms with Crippen molar-refractivity contribution in [3.8, 4) is 0 Å². The molecule has 0 spiro atoms. The molecule has 0 unspecified atom stereocenters. The van der Waals surface area contributed by atoms with Gasteiger partial charge in [-0.25, -0.2) is 4.39 Å². The average molecular weight is 321 g/mol. The van der Waals surface area contributed by atoms with Crippen LogP contribution in [0, 0.1) is 5.82 Å². The van der Waals surface area contributed by atoms with Crippen molar-refractivity contribution in [1.82, 2.24) is 5.32 Å². The van der Waals surface area contributed by atoms with Gasteiger partial charge in [-0.05, 0) is 64.7 Å². The van der Waals surface area contributed by atoms with Crippen LogP contribution >= 0.6 is 0 Å². The van der Waals surface area contributed by atoms with Crippen LogP contribution in [0.1, 0.15) is 47.1 Å². The summed E-state index contributed by atoms with van der Waals surface area (Å²) in [6, 6.07) is 4.41. The molecule has 23 heavy (non-hydrogen) atoms. The first-order valence-electron chi connectivity index (χ1n) is 7.95. The summed E-state index contributed by atoms with van der Waals surface area (Å²) in [4.78, 5) is 12.0. The molecule has 1 aliphatic heterocycles. The maximum atomic E-state index is 13.6. The van der Waals surface area contributed by atoms with Gasteiger partial charge < -0.3 is 14.6 Å². The molecule has 0 saturated carbocycles. The Labute approximate surface area is 137 Å². The van der Waals surface area contributed by atoms with Gasteiger partial charge in [0.1, 0.15) is 5.82 Å². The summed E-state index contributed by atoms with van der Waals surface area (Å²) < 4.78 is 25.7. The van der Waals surface area contributed by atoms with Crippen LogP contribution < -0.4 is 10.8 Å². The van der Waals surface area contributed by atoms with E-state index in [9.17, 15) is 9.18 Å². The van der Waals surface area contributed by atoms with Crippen LogP contribution in [0.5, 0.6) is 0 Å². The molecule has 1 heterocycles. The zero-order valence-corrected chi connectivity index (χ0v) is 14.7. The zero-order chi connectivity index (χ0) is 17.4. The molecule has 1 amide bonds. The topological polar surface area (TPSA) is 47.6 Å².